The molecule has 30 heavy (non-hydrogen) atoms. The first-order chi connectivity index (χ1) is 14.3. The van der Waals surface area contributed by atoms with E-state index < -0.39 is 12.2 Å². The Kier molecular flexibility index (Phi) is 7.80. The van der Waals surface area contributed by atoms with Gasteiger partial charge in [0.25, 0.3) is 0 Å². The molecule has 0 bridgehead atoms. The Hall–Kier alpha value is -2.03. The predicted octanol–water partition coefficient (Wildman–Crippen LogP) is 7.82. The highest BCUT2D eigenvalue weighted by atomic mass is 19.4. The molecule has 2 aliphatic rings. The lowest BCUT2D eigenvalue weighted by atomic mass is 9.68. The van der Waals surface area contributed by atoms with Crippen LogP contribution >= 0.6 is 0 Å². The van der Waals surface area contributed by atoms with E-state index in [1.807, 2.05) is 0 Å². The smallest absolute Gasteiger partial charge is 0.406 e. The summed E-state index contributed by atoms with van der Waals surface area (Å²) in [5.74, 6) is 1.71. The first kappa shape index (κ1) is 22.7. The van der Waals surface area contributed by atoms with E-state index in [0.717, 1.165) is 36.7 Å². The van der Waals surface area contributed by atoms with E-state index in [9.17, 15) is 17.6 Å². The Bertz CT molecular complexity index is 734. The van der Waals surface area contributed by atoms with E-state index in [1.54, 1.807) is 12.1 Å². The third-order valence-corrected chi connectivity index (χ3v) is 6.92. The second kappa shape index (κ2) is 10.3. The summed E-state index contributed by atoms with van der Waals surface area (Å²) in [4.78, 5) is 0. The number of nitriles is 1. The van der Waals surface area contributed by atoms with Crippen LogP contribution < -0.4 is 4.74 Å². The molecule has 0 heterocycles. The molecule has 0 saturated heterocycles. The molecule has 2 saturated carbocycles. The Morgan fingerprint density at radius 1 is 0.967 bits per heavy atom. The molecule has 2 nitrogen and oxygen atoms in total. The molecule has 6 heteroatoms. The normalized spacial score (nSPS) is 28.0. The Morgan fingerprint density at radius 3 is 2.07 bits per heavy atom. The molecule has 0 aliphatic heterocycles. The van der Waals surface area contributed by atoms with Crippen LogP contribution in [0.3, 0.4) is 0 Å². The maximum Gasteiger partial charge on any atom is 0.573 e. The number of hydrogen-bond acceptors (Lipinski definition) is 2. The molecule has 0 radical (unpaired) electrons. The molecule has 0 amide bonds. The van der Waals surface area contributed by atoms with Gasteiger partial charge in [0.05, 0.1) is 0 Å². The molecule has 0 atom stereocenters. The average molecular weight is 423 g/mol. The van der Waals surface area contributed by atoms with Crippen LogP contribution in [0, 0.1) is 29.1 Å². The van der Waals surface area contributed by atoms with Crippen LogP contribution in [-0.2, 0) is 0 Å². The van der Waals surface area contributed by atoms with E-state index in [1.165, 1.54) is 62.8 Å². The number of allylic oxidation sites excluding steroid dienone is 2. The fraction of sp³-hybridized carbons (Fsp3) is 0.625. The van der Waals surface area contributed by atoms with Gasteiger partial charge in [0.15, 0.2) is 5.83 Å². The zero-order valence-corrected chi connectivity index (χ0v) is 17.1. The second-order valence-corrected chi connectivity index (χ2v) is 8.75. The van der Waals surface area contributed by atoms with Gasteiger partial charge in [0.2, 0.25) is 0 Å². The quantitative estimate of drug-likeness (QED) is 0.345. The summed E-state index contributed by atoms with van der Waals surface area (Å²) in [6.45, 7) is 0. The highest BCUT2D eigenvalue weighted by Gasteiger charge is 2.32. The van der Waals surface area contributed by atoms with E-state index in [-0.39, 0.29) is 5.75 Å². The van der Waals surface area contributed by atoms with Crippen molar-refractivity contribution in [1.82, 2.24) is 0 Å². The molecule has 2 fully saturated rings. The number of ether oxygens (including phenoxy) is 1. The van der Waals surface area contributed by atoms with Crippen molar-refractivity contribution in [2.24, 2.45) is 17.8 Å². The fourth-order valence-electron chi connectivity index (χ4n) is 5.31. The molecule has 164 valence electrons. The molecular weight excluding hydrogens is 394 g/mol. The molecule has 0 unspecified atom stereocenters. The van der Waals surface area contributed by atoms with Gasteiger partial charge >= 0.3 is 6.36 Å². The van der Waals surface area contributed by atoms with E-state index in [0.29, 0.717) is 18.3 Å². The first-order valence-corrected chi connectivity index (χ1v) is 11.0. The third-order valence-electron chi connectivity index (χ3n) is 6.92. The maximum atomic E-state index is 12.9. The second-order valence-electron chi connectivity index (χ2n) is 8.75. The number of nitrogens with zero attached hydrogens (tertiary/aromatic N) is 1. The Balaban J connectivity index is 1.40. The van der Waals surface area contributed by atoms with Gasteiger partial charge in [-0.1, -0.05) is 25.0 Å². The van der Waals surface area contributed by atoms with E-state index >= 15 is 0 Å². The van der Waals surface area contributed by atoms with Crippen LogP contribution in [0.5, 0.6) is 5.75 Å². The van der Waals surface area contributed by atoms with Crippen molar-refractivity contribution in [3.63, 3.8) is 0 Å². The van der Waals surface area contributed by atoms with Crippen molar-refractivity contribution >= 4 is 0 Å². The first-order valence-electron chi connectivity index (χ1n) is 11.0. The molecule has 3 rings (SSSR count). The summed E-state index contributed by atoms with van der Waals surface area (Å²) < 4.78 is 53.7. The standard InChI is InChI=1S/C24H29F4NO/c25-22(16-29)3-1-2-17-4-6-18(7-5-17)19-8-10-20(11-9-19)21-12-14-23(15-13-21)30-24(26,27)28/h3,12-15,17-20H,1-2,4-11H2/b22-3-. The molecule has 1 aromatic rings. The molecule has 0 N–H and O–H groups in total. The summed E-state index contributed by atoms with van der Waals surface area (Å²) in [7, 11) is 0. The summed E-state index contributed by atoms with van der Waals surface area (Å²) in [6.07, 6.45) is 7.72. The number of benzene rings is 1. The fourth-order valence-corrected chi connectivity index (χ4v) is 5.31. The van der Waals surface area contributed by atoms with Gasteiger partial charge in [-0.05, 0) is 98.8 Å². The van der Waals surface area contributed by atoms with Gasteiger partial charge in [0.1, 0.15) is 11.8 Å². The van der Waals surface area contributed by atoms with Gasteiger partial charge in [-0.2, -0.15) is 9.65 Å². The van der Waals surface area contributed by atoms with Gasteiger partial charge < -0.3 is 4.74 Å². The lowest BCUT2D eigenvalue weighted by Gasteiger charge is -2.38. The minimum Gasteiger partial charge on any atom is -0.406 e. The predicted molar refractivity (Wildman–Crippen MR) is 107 cm³/mol. The molecular formula is C24H29F4NO. The highest BCUT2D eigenvalue weighted by Crippen LogP contribution is 2.44. The monoisotopic (exact) mass is 423 g/mol. The summed E-state index contributed by atoms with van der Waals surface area (Å²) >= 11 is 0. The van der Waals surface area contributed by atoms with Crippen LogP contribution in [0.1, 0.15) is 75.7 Å². The molecule has 2 aliphatic carbocycles. The Labute approximate surface area is 175 Å². The van der Waals surface area contributed by atoms with Gasteiger partial charge in [-0.15, -0.1) is 13.2 Å². The number of halogens is 4. The van der Waals surface area contributed by atoms with E-state index in [2.05, 4.69) is 4.74 Å². The number of hydrogen-bond donors (Lipinski definition) is 0. The average Bonchev–Trinajstić information content (AvgIpc) is 2.74. The SMILES string of the molecule is N#C/C(F)=C/CCC1CCC(C2CCC(c3ccc(OC(F)(F)F)cc3)CC2)CC1. The molecule has 0 spiro atoms. The Morgan fingerprint density at radius 2 is 1.53 bits per heavy atom. The minimum atomic E-state index is -4.65. The largest absolute Gasteiger partial charge is 0.573 e. The van der Waals surface area contributed by atoms with Crippen LogP contribution in [0.15, 0.2) is 36.2 Å². The van der Waals surface area contributed by atoms with Crippen molar-refractivity contribution < 1.29 is 22.3 Å². The number of alkyl halides is 3. The van der Waals surface area contributed by atoms with Crippen molar-refractivity contribution in [1.29, 1.82) is 5.26 Å². The van der Waals surface area contributed by atoms with Crippen molar-refractivity contribution in [3.8, 4) is 11.8 Å². The van der Waals surface area contributed by atoms with Crippen molar-refractivity contribution in [2.45, 2.75) is 76.5 Å². The van der Waals surface area contributed by atoms with Gasteiger partial charge in [0, 0.05) is 0 Å². The maximum absolute atomic E-state index is 12.9. The van der Waals surface area contributed by atoms with E-state index in [4.69, 9.17) is 5.26 Å². The third kappa shape index (κ3) is 6.75. The van der Waals surface area contributed by atoms with Gasteiger partial charge in [-0.25, -0.2) is 0 Å². The lowest BCUT2D eigenvalue weighted by Crippen LogP contribution is -2.25. The summed E-state index contributed by atoms with van der Waals surface area (Å²) in [5.41, 5.74) is 1.10. The van der Waals surface area contributed by atoms with Crippen LogP contribution in [0.2, 0.25) is 0 Å². The van der Waals surface area contributed by atoms with Crippen LogP contribution in [0.4, 0.5) is 17.6 Å². The lowest BCUT2D eigenvalue weighted by molar-refractivity contribution is -0.274. The summed E-state index contributed by atoms with van der Waals surface area (Å²) in [6, 6.07) is 7.87. The highest BCUT2D eigenvalue weighted by molar-refractivity contribution is 5.29. The zero-order valence-electron chi connectivity index (χ0n) is 17.1. The minimum absolute atomic E-state index is 0.164. The molecule has 1 aromatic carbocycles. The van der Waals surface area contributed by atoms with Crippen molar-refractivity contribution in [2.75, 3.05) is 0 Å². The van der Waals surface area contributed by atoms with Gasteiger partial charge in [-0.3, -0.25) is 0 Å². The zero-order chi connectivity index (χ0) is 21.6. The van der Waals surface area contributed by atoms with Crippen molar-refractivity contribution in [3.05, 3.63) is 41.7 Å². The molecule has 0 aromatic heterocycles. The summed E-state index contributed by atoms with van der Waals surface area (Å²) in [5, 5.41) is 8.46. The van der Waals surface area contributed by atoms with Crippen LogP contribution in [-0.4, -0.2) is 6.36 Å². The number of rotatable bonds is 6. The topological polar surface area (TPSA) is 33.0 Å². The van der Waals surface area contributed by atoms with Crippen LogP contribution in [0.25, 0.3) is 0 Å².